The van der Waals surface area contributed by atoms with Gasteiger partial charge in [-0.05, 0) is 30.0 Å². The van der Waals surface area contributed by atoms with E-state index in [0.29, 0.717) is 5.02 Å². The van der Waals surface area contributed by atoms with Crippen LogP contribution in [0.25, 0.3) is 22.3 Å². The van der Waals surface area contributed by atoms with Gasteiger partial charge in [-0.25, -0.2) is 15.0 Å². The maximum Gasteiger partial charge on any atom is 0.171 e. The van der Waals surface area contributed by atoms with Crippen molar-refractivity contribution in [2.24, 2.45) is 0 Å². The number of fused-ring (bicyclic) bond motifs is 1. The molecule has 23 heavy (non-hydrogen) atoms. The summed E-state index contributed by atoms with van der Waals surface area (Å²) in [6.07, 6.45) is 3.51. The van der Waals surface area contributed by atoms with Gasteiger partial charge in [0.15, 0.2) is 5.16 Å². The van der Waals surface area contributed by atoms with E-state index in [2.05, 4.69) is 9.97 Å². The summed E-state index contributed by atoms with van der Waals surface area (Å²) in [7, 11) is 0. The van der Waals surface area contributed by atoms with Gasteiger partial charge in [-0.2, -0.15) is 0 Å². The first-order valence-electron chi connectivity index (χ1n) is 6.99. The highest BCUT2D eigenvalue weighted by molar-refractivity contribution is 7.99. The second kappa shape index (κ2) is 6.02. The lowest BCUT2D eigenvalue weighted by Gasteiger charge is -2.09. The third-order valence-corrected chi connectivity index (χ3v) is 4.44. The average molecular weight is 339 g/mol. The number of nitrogens with one attached hydrogen (secondary N) is 1. The van der Waals surface area contributed by atoms with Crippen LogP contribution in [0, 0.1) is 0 Å². The van der Waals surface area contributed by atoms with Crippen LogP contribution in [-0.2, 0) is 0 Å². The average Bonchev–Trinajstić information content (AvgIpc) is 3.08. The minimum Gasteiger partial charge on any atom is -0.339 e. The fourth-order valence-electron chi connectivity index (χ4n) is 2.26. The van der Waals surface area contributed by atoms with Gasteiger partial charge in [0.1, 0.15) is 10.7 Å². The van der Waals surface area contributed by atoms with Gasteiger partial charge in [-0.3, -0.25) is 0 Å². The van der Waals surface area contributed by atoms with Crippen molar-refractivity contribution in [3.63, 3.8) is 0 Å². The van der Waals surface area contributed by atoms with Crippen LogP contribution in [-0.4, -0.2) is 19.9 Å². The third kappa shape index (κ3) is 2.93. The molecule has 0 saturated heterocycles. The van der Waals surface area contributed by atoms with Gasteiger partial charge >= 0.3 is 0 Å². The van der Waals surface area contributed by atoms with Crippen LogP contribution >= 0.6 is 23.4 Å². The molecule has 0 aliphatic heterocycles. The van der Waals surface area contributed by atoms with Crippen molar-refractivity contribution in [2.45, 2.75) is 10.2 Å². The van der Waals surface area contributed by atoms with Gasteiger partial charge in [0, 0.05) is 23.0 Å². The highest BCUT2D eigenvalue weighted by Crippen LogP contribution is 2.33. The predicted molar refractivity (Wildman–Crippen MR) is 92.7 cm³/mol. The summed E-state index contributed by atoms with van der Waals surface area (Å²) in [6.45, 7) is 0. The van der Waals surface area contributed by atoms with E-state index in [9.17, 15) is 0 Å². The Bertz CT molecular complexity index is 955. The van der Waals surface area contributed by atoms with E-state index < -0.39 is 0 Å². The molecule has 0 radical (unpaired) electrons. The van der Waals surface area contributed by atoms with Crippen molar-refractivity contribution in [1.82, 2.24) is 19.9 Å². The van der Waals surface area contributed by atoms with Gasteiger partial charge in [0.25, 0.3) is 0 Å². The minimum atomic E-state index is 0.646. The fourth-order valence-corrected chi connectivity index (χ4v) is 3.26. The van der Waals surface area contributed by atoms with E-state index >= 15 is 0 Å². The van der Waals surface area contributed by atoms with Crippen LogP contribution in [0.4, 0.5) is 0 Å². The first-order valence-corrected chi connectivity index (χ1v) is 8.19. The van der Waals surface area contributed by atoms with E-state index in [1.165, 1.54) is 11.8 Å². The summed E-state index contributed by atoms with van der Waals surface area (Å²) < 4.78 is 0. The van der Waals surface area contributed by atoms with Crippen LogP contribution in [0.15, 0.2) is 71.1 Å². The molecule has 0 bridgehead atoms. The maximum absolute atomic E-state index is 6.08. The van der Waals surface area contributed by atoms with Crippen molar-refractivity contribution in [3.8, 4) is 11.3 Å². The number of aromatic amines is 1. The van der Waals surface area contributed by atoms with E-state index in [0.717, 1.165) is 32.5 Å². The van der Waals surface area contributed by atoms with Crippen LogP contribution in [0.2, 0.25) is 5.02 Å². The minimum absolute atomic E-state index is 0.646. The molecule has 4 aromatic rings. The molecule has 4 rings (SSSR count). The van der Waals surface area contributed by atoms with Gasteiger partial charge in [-0.1, -0.05) is 41.9 Å². The molecule has 1 N–H and O–H groups in total. The summed E-state index contributed by atoms with van der Waals surface area (Å²) >= 11 is 7.53. The smallest absolute Gasteiger partial charge is 0.171 e. The summed E-state index contributed by atoms with van der Waals surface area (Å²) in [5.41, 5.74) is 3.44. The van der Waals surface area contributed by atoms with Crippen molar-refractivity contribution in [1.29, 1.82) is 0 Å². The lowest BCUT2D eigenvalue weighted by molar-refractivity contribution is 1.04. The molecule has 2 aromatic carbocycles. The number of aromatic nitrogens is 4. The second-order valence-electron chi connectivity index (χ2n) is 4.87. The van der Waals surface area contributed by atoms with Crippen molar-refractivity contribution >= 4 is 34.4 Å². The zero-order chi connectivity index (χ0) is 15.6. The number of imidazole rings is 1. The molecular weight excluding hydrogens is 328 g/mol. The number of rotatable bonds is 3. The topological polar surface area (TPSA) is 54.5 Å². The molecule has 0 fully saturated rings. The normalized spacial score (nSPS) is 11.0. The van der Waals surface area contributed by atoms with Crippen molar-refractivity contribution in [2.75, 3.05) is 0 Å². The van der Waals surface area contributed by atoms with Crippen LogP contribution in [0.5, 0.6) is 0 Å². The monoisotopic (exact) mass is 338 g/mol. The molecule has 0 spiro atoms. The van der Waals surface area contributed by atoms with Crippen molar-refractivity contribution in [3.05, 3.63) is 65.9 Å². The SMILES string of the molecule is Clc1ccc2nc(-c3ccccc3)c(Sc3ncc[nH]3)nc2c1. The Labute approximate surface area is 142 Å². The number of H-pyrrole nitrogens is 1. The Kier molecular flexibility index (Phi) is 3.73. The fraction of sp³-hybridized carbons (Fsp3) is 0. The Balaban J connectivity index is 1.92. The molecular formula is C17H11ClN4S. The van der Waals surface area contributed by atoms with Gasteiger partial charge in [0.2, 0.25) is 0 Å². The first kappa shape index (κ1) is 14.2. The van der Waals surface area contributed by atoms with E-state index in [1.807, 2.05) is 48.5 Å². The molecule has 2 aromatic heterocycles. The van der Waals surface area contributed by atoms with Crippen molar-refractivity contribution < 1.29 is 0 Å². The van der Waals surface area contributed by atoms with Crippen LogP contribution < -0.4 is 0 Å². The summed E-state index contributed by atoms with van der Waals surface area (Å²) in [5, 5.41) is 2.21. The highest BCUT2D eigenvalue weighted by Gasteiger charge is 2.13. The standard InChI is InChI=1S/C17H11ClN4S/c18-12-6-7-13-14(10-12)22-16(23-17-19-8-9-20-17)15(21-13)11-4-2-1-3-5-11/h1-10H,(H,19,20). The lowest BCUT2D eigenvalue weighted by atomic mass is 10.1. The molecule has 0 unspecified atom stereocenters. The Morgan fingerprint density at radius 2 is 1.83 bits per heavy atom. The third-order valence-electron chi connectivity index (χ3n) is 3.31. The zero-order valence-corrected chi connectivity index (χ0v) is 13.5. The number of hydrogen-bond acceptors (Lipinski definition) is 4. The van der Waals surface area contributed by atoms with Gasteiger partial charge < -0.3 is 4.98 Å². The maximum atomic E-state index is 6.08. The molecule has 2 heterocycles. The molecule has 0 saturated carbocycles. The van der Waals surface area contributed by atoms with Gasteiger partial charge in [0.05, 0.1) is 11.0 Å². The molecule has 6 heteroatoms. The number of hydrogen-bond donors (Lipinski definition) is 1. The Morgan fingerprint density at radius 3 is 2.61 bits per heavy atom. The molecule has 112 valence electrons. The lowest BCUT2D eigenvalue weighted by Crippen LogP contribution is -1.94. The van der Waals surface area contributed by atoms with Gasteiger partial charge in [-0.15, -0.1) is 0 Å². The highest BCUT2D eigenvalue weighted by atomic mass is 35.5. The van der Waals surface area contributed by atoms with E-state index in [1.54, 1.807) is 12.4 Å². The molecule has 0 amide bonds. The van der Waals surface area contributed by atoms with Crippen LogP contribution in [0.3, 0.4) is 0 Å². The quantitative estimate of drug-likeness (QED) is 0.581. The summed E-state index contributed by atoms with van der Waals surface area (Å²) in [4.78, 5) is 16.9. The second-order valence-corrected chi connectivity index (χ2v) is 6.29. The summed E-state index contributed by atoms with van der Waals surface area (Å²) in [5.74, 6) is 0. The first-order chi connectivity index (χ1) is 11.3. The Morgan fingerprint density at radius 1 is 0.957 bits per heavy atom. The van der Waals surface area contributed by atoms with Crippen LogP contribution in [0.1, 0.15) is 0 Å². The zero-order valence-electron chi connectivity index (χ0n) is 11.9. The van der Waals surface area contributed by atoms with E-state index in [4.69, 9.17) is 21.6 Å². The molecule has 0 aliphatic carbocycles. The molecule has 0 aliphatic rings. The van der Waals surface area contributed by atoms with E-state index in [-0.39, 0.29) is 0 Å². The molecule has 4 nitrogen and oxygen atoms in total. The number of nitrogens with zero attached hydrogens (tertiary/aromatic N) is 3. The largest absolute Gasteiger partial charge is 0.339 e. The summed E-state index contributed by atoms with van der Waals surface area (Å²) in [6, 6.07) is 15.6. The molecule has 0 atom stereocenters. The number of halogens is 1. The Hall–Kier alpha value is -2.37. The predicted octanol–water partition coefficient (Wildman–Crippen LogP) is 4.82. The number of benzene rings is 2.